The summed E-state index contributed by atoms with van der Waals surface area (Å²) in [6.07, 6.45) is 0. The van der Waals surface area contributed by atoms with Crippen LogP contribution in [-0.4, -0.2) is 31.1 Å². The van der Waals surface area contributed by atoms with Crippen LogP contribution in [0.5, 0.6) is 0 Å². The summed E-state index contributed by atoms with van der Waals surface area (Å²) >= 11 is 0. The van der Waals surface area contributed by atoms with Gasteiger partial charge in [-0.1, -0.05) is 30.3 Å². The molecule has 0 radical (unpaired) electrons. The lowest BCUT2D eigenvalue weighted by molar-refractivity contribution is -0.153. The smallest absolute Gasteiger partial charge is 0.323 e. The van der Waals surface area contributed by atoms with E-state index in [1.54, 1.807) is 18.2 Å². The van der Waals surface area contributed by atoms with E-state index >= 15 is 0 Å². The largest absolute Gasteiger partial charge is 0.462 e. The van der Waals surface area contributed by atoms with E-state index in [2.05, 4.69) is 9.91 Å². The van der Waals surface area contributed by atoms with Crippen molar-refractivity contribution in [1.82, 2.24) is 0 Å². The second-order valence-corrected chi connectivity index (χ2v) is 3.78. The maximum absolute atomic E-state index is 11.8. The highest BCUT2D eigenvalue weighted by Gasteiger charge is 2.30. The summed E-state index contributed by atoms with van der Waals surface area (Å²) in [5.41, 5.74) is 0.314. The summed E-state index contributed by atoms with van der Waals surface area (Å²) in [5, 5.41) is 2.27. The number of ether oxygens (including phenoxy) is 2. The summed E-state index contributed by atoms with van der Waals surface area (Å²) in [6, 6.07) is 7.96. The molecule has 0 aromatic heterocycles. The number of hydrogen-bond acceptors (Lipinski definition) is 6. The van der Waals surface area contributed by atoms with Crippen molar-refractivity contribution >= 4 is 17.8 Å². The second kappa shape index (κ2) is 7.78. The molecule has 0 heterocycles. The van der Waals surface area contributed by atoms with Crippen molar-refractivity contribution in [3.63, 3.8) is 0 Å². The molecule has 0 saturated heterocycles. The molecular formula is C13H13NO6. The van der Waals surface area contributed by atoms with Crippen LogP contribution >= 0.6 is 0 Å². The van der Waals surface area contributed by atoms with Crippen molar-refractivity contribution in [2.75, 3.05) is 13.2 Å². The lowest BCUT2D eigenvalue weighted by Gasteiger charge is -2.12. The van der Waals surface area contributed by atoms with Crippen LogP contribution < -0.4 is 0 Å². The lowest BCUT2D eigenvalue weighted by Crippen LogP contribution is -2.24. The van der Waals surface area contributed by atoms with E-state index in [1.165, 1.54) is 19.1 Å². The van der Waals surface area contributed by atoms with Gasteiger partial charge in [-0.3, -0.25) is 14.4 Å². The SMILES string of the molecule is CC(=O)OCCOC(=O)C(C(=O)N=O)c1ccccc1. The van der Waals surface area contributed by atoms with Crippen molar-refractivity contribution in [2.24, 2.45) is 5.18 Å². The number of rotatable bonds is 6. The Labute approximate surface area is 114 Å². The van der Waals surface area contributed by atoms with Gasteiger partial charge in [0.05, 0.1) is 0 Å². The van der Waals surface area contributed by atoms with Crippen molar-refractivity contribution in [1.29, 1.82) is 0 Å². The molecule has 0 aliphatic heterocycles. The first kappa shape index (κ1) is 15.5. The Morgan fingerprint density at radius 3 is 2.25 bits per heavy atom. The van der Waals surface area contributed by atoms with Gasteiger partial charge in [0.25, 0.3) is 0 Å². The van der Waals surface area contributed by atoms with Gasteiger partial charge in [0, 0.05) is 12.1 Å². The summed E-state index contributed by atoms with van der Waals surface area (Å²) in [7, 11) is 0. The van der Waals surface area contributed by atoms with Gasteiger partial charge in [0.2, 0.25) is 0 Å². The maximum Gasteiger partial charge on any atom is 0.323 e. The molecule has 1 atom stereocenters. The van der Waals surface area contributed by atoms with Gasteiger partial charge >= 0.3 is 17.8 Å². The van der Waals surface area contributed by atoms with Crippen LogP contribution in [0.25, 0.3) is 0 Å². The van der Waals surface area contributed by atoms with Crippen LogP contribution in [0.1, 0.15) is 18.4 Å². The quantitative estimate of drug-likeness (QED) is 0.335. The molecule has 1 aromatic carbocycles. The fourth-order valence-electron chi connectivity index (χ4n) is 1.49. The molecule has 0 N–H and O–H groups in total. The van der Waals surface area contributed by atoms with Crippen molar-refractivity contribution < 1.29 is 23.9 Å². The Balaban J connectivity index is 2.69. The average molecular weight is 279 g/mol. The first-order chi connectivity index (χ1) is 9.56. The molecule has 7 nitrogen and oxygen atoms in total. The zero-order valence-electron chi connectivity index (χ0n) is 10.8. The highest BCUT2D eigenvalue weighted by molar-refractivity contribution is 6.03. The summed E-state index contributed by atoms with van der Waals surface area (Å²) in [5.74, 6) is -3.95. The molecule has 20 heavy (non-hydrogen) atoms. The number of hydrogen-bond donors (Lipinski definition) is 0. The van der Waals surface area contributed by atoms with Gasteiger partial charge in [-0.2, -0.15) is 0 Å². The fourth-order valence-corrected chi connectivity index (χ4v) is 1.49. The Morgan fingerprint density at radius 1 is 1.10 bits per heavy atom. The Kier molecular flexibility index (Phi) is 6.02. The van der Waals surface area contributed by atoms with Gasteiger partial charge in [-0.05, 0) is 5.56 Å². The molecule has 0 spiro atoms. The molecule has 1 unspecified atom stereocenters. The highest BCUT2D eigenvalue weighted by Crippen LogP contribution is 2.19. The second-order valence-electron chi connectivity index (χ2n) is 3.78. The Morgan fingerprint density at radius 2 is 1.70 bits per heavy atom. The molecule has 1 aromatic rings. The molecule has 0 aliphatic carbocycles. The van der Waals surface area contributed by atoms with Crippen LogP contribution in [0.2, 0.25) is 0 Å². The van der Waals surface area contributed by atoms with Crippen molar-refractivity contribution in [3.05, 3.63) is 40.8 Å². The normalized spacial score (nSPS) is 11.2. The number of carbonyl (C=O) groups excluding carboxylic acids is 3. The third kappa shape index (κ3) is 4.60. The molecule has 0 bridgehead atoms. The first-order valence-corrected chi connectivity index (χ1v) is 5.78. The molecule has 7 heteroatoms. The predicted octanol–water partition coefficient (Wildman–Crippen LogP) is 1.17. The third-order valence-corrected chi connectivity index (χ3v) is 2.34. The number of nitrogens with zero attached hydrogens (tertiary/aromatic N) is 1. The van der Waals surface area contributed by atoms with E-state index in [1.807, 2.05) is 0 Å². The van der Waals surface area contributed by atoms with Crippen LogP contribution in [0.15, 0.2) is 35.5 Å². The fraction of sp³-hybridized carbons (Fsp3) is 0.308. The molecule has 0 fully saturated rings. The van der Waals surface area contributed by atoms with E-state index in [4.69, 9.17) is 4.74 Å². The zero-order chi connectivity index (χ0) is 15.0. The zero-order valence-corrected chi connectivity index (χ0v) is 10.8. The van der Waals surface area contributed by atoms with Crippen molar-refractivity contribution in [3.8, 4) is 0 Å². The first-order valence-electron chi connectivity index (χ1n) is 5.78. The van der Waals surface area contributed by atoms with Crippen LogP contribution in [0.4, 0.5) is 0 Å². The highest BCUT2D eigenvalue weighted by atomic mass is 16.6. The van der Waals surface area contributed by atoms with E-state index in [0.717, 1.165) is 0 Å². The molecule has 1 rings (SSSR count). The minimum absolute atomic E-state index is 0.120. The van der Waals surface area contributed by atoms with E-state index in [9.17, 15) is 19.3 Å². The number of carbonyl (C=O) groups is 3. The standard InChI is InChI=1S/C13H13NO6/c1-9(15)19-7-8-20-13(17)11(12(16)14-18)10-5-3-2-4-6-10/h2-6,11H,7-8H2,1H3. The monoisotopic (exact) mass is 279 g/mol. The molecule has 1 amide bonds. The average Bonchev–Trinajstić information content (AvgIpc) is 2.44. The minimum atomic E-state index is -1.40. The van der Waals surface area contributed by atoms with E-state index < -0.39 is 23.8 Å². The Bertz CT molecular complexity index is 499. The Hall–Kier alpha value is -2.57. The molecular weight excluding hydrogens is 266 g/mol. The lowest BCUT2D eigenvalue weighted by atomic mass is 9.99. The summed E-state index contributed by atoms with van der Waals surface area (Å²) < 4.78 is 9.37. The minimum Gasteiger partial charge on any atom is -0.462 e. The van der Waals surface area contributed by atoms with Crippen LogP contribution in [0.3, 0.4) is 0 Å². The molecule has 0 saturated carbocycles. The van der Waals surface area contributed by atoms with E-state index in [-0.39, 0.29) is 13.2 Å². The van der Waals surface area contributed by atoms with Gasteiger partial charge in [0.15, 0.2) is 5.92 Å². The van der Waals surface area contributed by atoms with Crippen molar-refractivity contribution in [2.45, 2.75) is 12.8 Å². The van der Waals surface area contributed by atoms with Crippen LogP contribution in [0, 0.1) is 4.91 Å². The van der Waals surface area contributed by atoms with Gasteiger partial charge in [-0.15, -0.1) is 4.91 Å². The summed E-state index contributed by atoms with van der Waals surface area (Å²) in [4.78, 5) is 44.1. The van der Waals surface area contributed by atoms with Gasteiger partial charge in [-0.25, -0.2) is 0 Å². The third-order valence-electron chi connectivity index (χ3n) is 2.34. The number of esters is 2. The maximum atomic E-state index is 11.8. The molecule has 106 valence electrons. The summed E-state index contributed by atoms with van der Waals surface area (Å²) in [6.45, 7) is 0.896. The number of benzene rings is 1. The number of amides is 1. The predicted molar refractivity (Wildman–Crippen MR) is 67.6 cm³/mol. The van der Waals surface area contributed by atoms with Gasteiger partial charge in [0.1, 0.15) is 13.2 Å². The molecule has 0 aliphatic rings. The van der Waals surface area contributed by atoms with Gasteiger partial charge < -0.3 is 9.47 Å². The topological polar surface area (TPSA) is 99.1 Å². The van der Waals surface area contributed by atoms with E-state index in [0.29, 0.717) is 5.56 Å². The van der Waals surface area contributed by atoms with Crippen LogP contribution in [-0.2, 0) is 23.9 Å². The number of nitroso groups, excluding NO2 is 1.